The fourth-order valence-electron chi connectivity index (χ4n) is 2.08. The molecular formula is C17H18N4OS. The summed E-state index contributed by atoms with van der Waals surface area (Å²) in [7, 11) is 1.75. The first kappa shape index (κ1) is 15.3. The van der Waals surface area contributed by atoms with Crippen molar-refractivity contribution >= 4 is 17.3 Å². The van der Waals surface area contributed by atoms with Gasteiger partial charge in [0.05, 0.1) is 17.1 Å². The summed E-state index contributed by atoms with van der Waals surface area (Å²) in [5.74, 6) is 1.39. The summed E-state index contributed by atoms with van der Waals surface area (Å²) >= 11 is 1.61. The topological polar surface area (TPSA) is 62.5 Å². The zero-order valence-electron chi connectivity index (χ0n) is 12.8. The Balaban J connectivity index is 1.52. The summed E-state index contributed by atoms with van der Waals surface area (Å²) in [5, 5.41) is 8.51. The third kappa shape index (κ3) is 4.20. The molecule has 0 aliphatic rings. The Bertz CT molecular complexity index is 750. The van der Waals surface area contributed by atoms with Crippen LogP contribution in [0, 0.1) is 0 Å². The highest BCUT2D eigenvalue weighted by Gasteiger charge is 2.08. The SMILES string of the molecule is CN=C(NCc1ccccc1)NCc1coc(-c2cccs2)n1. The van der Waals surface area contributed by atoms with Crippen LogP contribution in [0.25, 0.3) is 10.8 Å². The Hall–Kier alpha value is -2.60. The van der Waals surface area contributed by atoms with Crippen LogP contribution in [0.1, 0.15) is 11.3 Å². The molecule has 0 atom stereocenters. The van der Waals surface area contributed by atoms with Gasteiger partial charge in [0.1, 0.15) is 6.26 Å². The van der Waals surface area contributed by atoms with Crippen molar-refractivity contribution in [3.8, 4) is 10.8 Å². The molecule has 0 unspecified atom stereocenters. The zero-order chi connectivity index (χ0) is 15.9. The molecule has 3 rings (SSSR count). The van der Waals surface area contributed by atoms with E-state index in [4.69, 9.17) is 4.42 Å². The Morgan fingerprint density at radius 3 is 2.70 bits per heavy atom. The van der Waals surface area contributed by atoms with Gasteiger partial charge in [0.25, 0.3) is 0 Å². The maximum Gasteiger partial charge on any atom is 0.236 e. The van der Waals surface area contributed by atoms with Gasteiger partial charge in [0.2, 0.25) is 5.89 Å². The maximum absolute atomic E-state index is 5.50. The van der Waals surface area contributed by atoms with Crippen molar-refractivity contribution in [3.05, 3.63) is 65.4 Å². The second kappa shape index (κ2) is 7.60. The molecule has 118 valence electrons. The van der Waals surface area contributed by atoms with E-state index in [0.29, 0.717) is 12.4 Å². The van der Waals surface area contributed by atoms with E-state index in [2.05, 4.69) is 32.7 Å². The van der Waals surface area contributed by atoms with E-state index in [1.54, 1.807) is 24.6 Å². The van der Waals surface area contributed by atoms with E-state index < -0.39 is 0 Å². The fraction of sp³-hybridized carbons (Fsp3) is 0.176. The predicted octanol–water partition coefficient (Wildman–Crippen LogP) is 3.27. The molecule has 3 aromatic rings. The molecule has 6 heteroatoms. The summed E-state index contributed by atoms with van der Waals surface area (Å²) in [6.07, 6.45) is 1.67. The van der Waals surface area contributed by atoms with Gasteiger partial charge in [-0.05, 0) is 17.0 Å². The summed E-state index contributed by atoms with van der Waals surface area (Å²) in [5.41, 5.74) is 2.05. The number of thiophene rings is 1. The average molecular weight is 326 g/mol. The average Bonchev–Trinajstić information content (AvgIpc) is 3.27. The fourth-order valence-corrected chi connectivity index (χ4v) is 2.73. The number of nitrogens with zero attached hydrogens (tertiary/aromatic N) is 2. The monoisotopic (exact) mass is 326 g/mol. The Morgan fingerprint density at radius 1 is 1.13 bits per heavy atom. The first-order valence-electron chi connectivity index (χ1n) is 7.32. The molecule has 0 amide bonds. The van der Waals surface area contributed by atoms with E-state index in [0.717, 1.165) is 23.1 Å². The third-order valence-corrected chi connectivity index (χ3v) is 4.10. The molecule has 23 heavy (non-hydrogen) atoms. The molecule has 0 aliphatic carbocycles. The minimum atomic E-state index is 0.559. The number of hydrogen-bond acceptors (Lipinski definition) is 4. The van der Waals surface area contributed by atoms with Crippen LogP contribution in [0.3, 0.4) is 0 Å². The molecule has 0 spiro atoms. The lowest BCUT2D eigenvalue weighted by atomic mass is 10.2. The van der Waals surface area contributed by atoms with E-state index in [-0.39, 0.29) is 0 Å². The lowest BCUT2D eigenvalue weighted by Gasteiger charge is -2.10. The first-order valence-corrected chi connectivity index (χ1v) is 8.20. The molecule has 5 nitrogen and oxygen atoms in total. The van der Waals surface area contributed by atoms with Gasteiger partial charge in [-0.25, -0.2) is 4.98 Å². The van der Waals surface area contributed by atoms with Gasteiger partial charge in [-0.15, -0.1) is 11.3 Å². The molecule has 2 aromatic heterocycles. The number of hydrogen-bond donors (Lipinski definition) is 2. The first-order chi connectivity index (χ1) is 11.3. The summed E-state index contributed by atoms with van der Waals surface area (Å²) < 4.78 is 5.50. The molecule has 0 fully saturated rings. The Kier molecular flexibility index (Phi) is 5.06. The number of guanidine groups is 1. The number of benzene rings is 1. The number of aromatic nitrogens is 1. The second-order valence-electron chi connectivity index (χ2n) is 4.89. The highest BCUT2D eigenvalue weighted by molar-refractivity contribution is 7.13. The number of rotatable bonds is 5. The van der Waals surface area contributed by atoms with Crippen LogP contribution in [-0.2, 0) is 13.1 Å². The molecular weight excluding hydrogens is 308 g/mol. The van der Waals surface area contributed by atoms with Crippen molar-refractivity contribution in [1.82, 2.24) is 15.6 Å². The van der Waals surface area contributed by atoms with Gasteiger partial charge in [-0.2, -0.15) is 0 Å². The predicted molar refractivity (Wildman–Crippen MR) is 93.3 cm³/mol. The molecule has 0 saturated carbocycles. The van der Waals surface area contributed by atoms with Gasteiger partial charge < -0.3 is 15.1 Å². The molecule has 2 N–H and O–H groups in total. The highest BCUT2D eigenvalue weighted by Crippen LogP contribution is 2.23. The van der Waals surface area contributed by atoms with E-state index in [1.807, 2.05) is 35.7 Å². The van der Waals surface area contributed by atoms with Crippen molar-refractivity contribution in [2.75, 3.05) is 7.05 Å². The molecule has 2 heterocycles. The zero-order valence-corrected chi connectivity index (χ0v) is 13.6. The highest BCUT2D eigenvalue weighted by atomic mass is 32.1. The third-order valence-electron chi connectivity index (χ3n) is 3.25. The molecule has 1 aromatic carbocycles. The standard InChI is InChI=1S/C17H18N4OS/c1-18-17(19-10-13-6-3-2-4-7-13)20-11-14-12-22-16(21-14)15-8-5-9-23-15/h2-9,12H,10-11H2,1H3,(H2,18,19,20). The van der Waals surface area contributed by atoms with Gasteiger partial charge >= 0.3 is 0 Å². The van der Waals surface area contributed by atoms with Crippen LogP contribution in [0.4, 0.5) is 0 Å². The van der Waals surface area contributed by atoms with E-state index in [1.165, 1.54) is 5.56 Å². The van der Waals surface area contributed by atoms with Crippen molar-refractivity contribution in [1.29, 1.82) is 0 Å². The molecule has 0 saturated heterocycles. The summed E-state index contributed by atoms with van der Waals surface area (Å²) in [6, 6.07) is 14.2. The van der Waals surface area contributed by atoms with Crippen molar-refractivity contribution in [3.63, 3.8) is 0 Å². The van der Waals surface area contributed by atoms with Crippen LogP contribution in [0.15, 0.2) is 63.5 Å². The maximum atomic E-state index is 5.50. The van der Waals surface area contributed by atoms with Crippen molar-refractivity contribution in [2.24, 2.45) is 4.99 Å². The van der Waals surface area contributed by atoms with Crippen LogP contribution in [-0.4, -0.2) is 18.0 Å². The molecule has 0 radical (unpaired) electrons. The number of nitrogens with one attached hydrogen (secondary N) is 2. The smallest absolute Gasteiger partial charge is 0.236 e. The Morgan fingerprint density at radius 2 is 1.96 bits per heavy atom. The van der Waals surface area contributed by atoms with Crippen LogP contribution in [0.5, 0.6) is 0 Å². The number of oxazole rings is 1. The van der Waals surface area contributed by atoms with Crippen LogP contribution < -0.4 is 10.6 Å². The molecule has 0 bridgehead atoms. The second-order valence-corrected chi connectivity index (χ2v) is 5.83. The largest absolute Gasteiger partial charge is 0.443 e. The van der Waals surface area contributed by atoms with E-state index >= 15 is 0 Å². The normalized spacial score (nSPS) is 11.4. The minimum Gasteiger partial charge on any atom is -0.443 e. The Labute approximate surface area is 139 Å². The quantitative estimate of drug-likeness (QED) is 0.558. The minimum absolute atomic E-state index is 0.559. The van der Waals surface area contributed by atoms with Gasteiger partial charge in [-0.3, -0.25) is 4.99 Å². The van der Waals surface area contributed by atoms with Gasteiger partial charge in [-0.1, -0.05) is 36.4 Å². The van der Waals surface area contributed by atoms with Gasteiger partial charge in [0, 0.05) is 13.6 Å². The lowest BCUT2D eigenvalue weighted by Crippen LogP contribution is -2.36. The van der Waals surface area contributed by atoms with Gasteiger partial charge in [0.15, 0.2) is 5.96 Å². The van der Waals surface area contributed by atoms with Crippen molar-refractivity contribution < 1.29 is 4.42 Å². The summed E-state index contributed by atoms with van der Waals surface area (Å²) in [4.78, 5) is 9.72. The van der Waals surface area contributed by atoms with Crippen LogP contribution >= 0.6 is 11.3 Å². The van der Waals surface area contributed by atoms with Crippen molar-refractivity contribution in [2.45, 2.75) is 13.1 Å². The van der Waals surface area contributed by atoms with E-state index in [9.17, 15) is 0 Å². The lowest BCUT2D eigenvalue weighted by molar-refractivity contribution is 0.573. The summed E-state index contributed by atoms with van der Waals surface area (Å²) in [6.45, 7) is 1.28. The molecule has 0 aliphatic heterocycles. The number of aliphatic imine (C=N–C) groups is 1. The van der Waals surface area contributed by atoms with Crippen LogP contribution in [0.2, 0.25) is 0 Å².